The number of benzene rings is 1. The Morgan fingerprint density at radius 3 is 2.94 bits per heavy atom. The van der Waals surface area contributed by atoms with Crippen molar-refractivity contribution in [3.8, 4) is 0 Å². The van der Waals surface area contributed by atoms with Gasteiger partial charge in [0.25, 0.3) is 0 Å². The van der Waals surface area contributed by atoms with Gasteiger partial charge in [0.1, 0.15) is 5.82 Å². The molecule has 0 saturated carbocycles. The minimum Gasteiger partial charge on any atom is -0.328 e. The summed E-state index contributed by atoms with van der Waals surface area (Å²) in [6, 6.07) is 8.34. The zero-order valence-corrected chi connectivity index (χ0v) is 11.3. The maximum atomic E-state index is 6.12. The molecule has 3 heteroatoms. The lowest BCUT2D eigenvalue weighted by Gasteiger charge is -2.06. The highest BCUT2D eigenvalue weighted by Gasteiger charge is 2.16. The van der Waals surface area contributed by atoms with Crippen molar-refractivity contribution in [2.24, 2.45) is 0 Å². The fraction of sp³-hybridized carbons (Fsp3) is 0.400. The molecule has 1 aliphatic carbocycles. The van der Waals surface area contributed by atoms with Crippen LogP contribution in [-0.2, 0) is 13.0 Å². The van der Waals surface area contributed by atoms with Gasteiger partial charge in [0.2, 0.25) is 0 Å². The van der Waals surface area contributed by atoms with Crippen molar-refractivity contribution in [3.63, 3.8) is 0 Å². The molecule has 1 unspecified atom stereocenters. The van der Waals surface area contributed by atoms with Crippen LogP contribution in [0.25, 0.3) is 11.0 Å². The first-order valence-electron chi connectivity index (χ1n) is 6.55. The SMILES string of the molecule is CCn1c(CC2=CC(Cl)CC2)nc2ccccc21. The highest BCUT2D eigenvalue weighted by Crippen LogP contribution is 2.26. The molecule has 1 aromatic heterocycles. The van der Waals surface area contributed by atoms with Crippen LogP contribution in [0.2, 0.25) is 0 Å². The van der Waals surface area contributed by atoms with Crippen molar-refractivity contribution in [1.82, 2.24) is 9.55 Å². The Morgan fingerprint density at radius 2 is 2.22 bits per heavy atom. The van der Waals surface area contributed by atoms with Gasteiger partial charge < -0.3 is 4.57 Å². The van der Waals surface area contributed by atoms with Crippen molar-refractivity contribution >= 4 is 22.6 Å². The molecule has 2 nitrogen and oxygen atoms in total. The Balaban J connectivity index is 1.98. The third kappa shape index (κ3) is 2.05. The molecular weight excluding hydrogens is 244 g/mol. The number of alkyl halides is 1. The second kappa shape index (κ2) is 4.77. The van der Waals surface area contributed by atoms with Gasteiger partial charge in [0.05, 0.1) is 16.4 Å². The monoisotopic (exact) mass is 260 g/mol. The van der Waals surface area contributed by atoms with Crippen molar-refractivity contribution in [3.05, 3.63) is 41.7 Å². The summed E-state index contributed by atoms with van der Waals surface area (Å²) in [7, 11) is 0. The number of aromatic nitrogens is 2. The van der Waals surface area contributed by atoms with E-state index in [1.807, 2.05) is 6.07 Å². The van der Waals surface area contributed by atoms with Gasteiger partial charge in [-0.25, -0.2) is 4.98 Å². The summed E-state index contributed by atoms with van der Waals surface area (Å²) in [4.78, 5) is 4.75. The van der Waals surface area contributed by atoms with E-state index in [4.69, 9.17) is 16.6 Å². The first-order valence-corrected chi connectivity index (χ1v) is 6.99. The van der Waals surface area contributed by atoms with Gasteiger partial charge in [0, 0.05) is 13.0 Å². The molecule has 0 saturated heterocycles. The van der Waals surface area contributed by atoms with Crippen molar-refractivity contribution in [1.29, 1.82) is 0 Å². The molecule has 94 valence electrons. The number of aryl methyl sites for hydroxylation is 1. The van der Waals surface area contributed by atoms with E-state index in [2.05, 4.69) is 35.8 Å². The van der Waals surface area contributed by atoms with Crippen molar-refractivity contribution < 1.29 is 0 Å². The molecule has 0 bridgehead atoms. The molecule has 0 amide bonds. The molecule has 0 spiro atoms. The first-order chi connectivity index (χ1) is 8.78. The molecule has 0 N–H and O–H groups in total. The normalized spacial score (nSPS) is 19.4. The summed E-state index contributed by atoms with van der Waals surface area (Å²) in [5, 5.41) is 0.222. The Hall–Kier alpha value is -1.28. The third-order valence-electron chi connectivity index (χ3n) is 3.59. The molecule has 2 aromatic rings. The average Bonchev–Trinajstić information content (AvgIpc) is 2.92. The van der Waals surface area contributed by atoms with E-state index in [0.29, 0.717) is 0 Å². The fourth-order valence-electron chi connectivity index (χ4n) is 2.71. The van der Waals surface area contributed by atoms with Crippen LogP contribution in [-0.4, -0.2) is 14.9 Å². The van der Waals surface area contributed by atoms with Crippen LogP contribution in [0.3, 0.4) is 0 Å². The van der Waals surface area contributed by atoms with E-state index in [0.717, 1.165) is 37.1 Å². The zero-order valence-electron chi connectivity index (χ0n) is 10.6. The largest absolute Gasteiger partial charge is 0.328 e. The molecule has 1 heterocycles. The highest BCUT2D eigenvalue weighted by molar-refractivity contribution is 6.22. The van der Waals surface area contributed by atoms with E-state index >= 15 is 0 Å². The molecule has 0 aliphatic heterocycles. The van der Waals surface area contributed by atoms with Gasteiger partial charge in [-0.15, -0.1) is 11.6 Å². The summed E-state index contributed by atoms with van der Waals surface area (Å²) in [5.74, 6) is 1.16. The number of imidazole rings is 1. The molecule has 1 aromatic carbocycles. The van der Waals surface area contributed by atoms with Crippen LogP contribution in [0.5, 0.6) is 0 Å². The first kappa shape index (κ1) is 11.8. The number of nitrogens with zero attached hydrogens (tertiary/aromatic N) is 2. The standard InChI is InChI=1S/C15H17ClN2/c1-2-18-14-6-4-3-5-13(14)17-15(18)10-11-7-8-12(16)9-11/h3-6,9,12H,2,7-8,10H2,1H3. The van der Waals surface area contributed by atoms with E-state index in [-0.39, 0.29) is 5.38 Å². The number of halogens is 1. The van der Waals surface area contributed by atoms with E-state index in [1.165, 1.54) is 11.1 Å². The Bertz CT molecular complexity index is 598. The van der Waals surface area contributed by atoms with Gasteiger partial charge in [-0.2, -0.15) is 0 Å². The zero-order chi connectivity index (χ0) is 12.5. The van der Waals surface area contributed by atoms with Crippen LogP contribution in [0, 0.1) is 0 Å². The molecule has 18 heavy (non-hydrogen) atoms. The third-order valence-corrected chi connectivity index (χ3v) is 3.94. The van der Waals surface area contributed by atoms with Crippen LogP contribution in [0.15, 0.2) is 35.9 Å². The van der Waals surface area contributed by atoms with Gasteiger partial charge in [-0.05, 0) is 31.9 Å². The topological polar surface area (TPSA) is 17.8 Å². The van der Waals surface area contributed by atoms with Crippen LogP contribution >= 0.6 is 11.6 Å². The predicted octanol–water partition coefficient (Wildman–Crippen LogP) is 3.93. The number of hydrogen-bond acceptors (Lipinski definition) is 1. The minimum atomic E-state index is 0.222. The molecule has 0 radical (unpaired) electrons. The van der Waals surface area contributed by atoms with Crippen LogP contribution in [0.4, 0.5) is 0 Å². The molecular formula is C15H17ClN2. The minimum absolute atomic E-state index is 0.222. The summed E-state index contributed by atoms with van der Waals surface area (Å²) in [6.45, 7) is 3.14. The van der Waals surface area contributed by atoms with E-state index < -0.39 is 0 Å². The van der Waals surface area contributed by atoms with E-state index in [1.54, 1.807) is 0 Å². The van der Waals surface area contributed by atoms with Crippen molar-refractivity contribution in [2.75, 3.05) is 0 Å². The van der Waals surface area contributed by atoms with E-state index in [9.17, 15) is 0 Å². The van der Waals surface area contributed by atoms with Crippen molar-refractivity contribution in [2.45, 2.75) is 38.1 Å². The van der Waals surface area contributed by atoms with Gasteiger partial charge in [-0.1, -0.05) is 23.8 Å². The Morgan fingerprint density at radius 1 is 1.39 bits per heavy atom. The summed E-state index contributed by atoms with van der Waals surface area (Å²) in [6.07, 6.45) is 5.32. The van der Waals surface area contributed by atoms with Gasteiger partial charge in [-0.3, -0.25) is 0 Å². The maximum Gasteiger partial charge on any atom is 0.113 e. The fourth-order valence-corrected chi connectivity index (χ4v) is 3.00. The molecule has 1 aliphatic rings. The maximum absolute atomic E-state index is 6.12. The number of hydrogen-bond donors (Lipinski definition) is 0. The Kier molecular flexibility index (Phi) is 3.13. The summed E-state index contributed by atoms with van der Waals surface area (Å²) < 4.78 is 2.30. The number of para-hydroxylation sites is 2. The molecule has 0 fully saturated rings. The van der Waals surface area contributed by atoms with Gasteiger partial charge in [0.15, 0.2) is 0 Å². The average molecular weight is 261 g/mol. The lowest BCUT2D eigenvalue weighted by molar-refractivity contribution is 0.724. The highest BCUT2D eigenvalue weighted by atomic mass is 35.5. The molecule has 1 atom stereocenters. The molecule has 3 rings (SSSR count). The van der Waals surface area contributed by atoms with Crippen LogP contribution < -0.4 is 0 Å². The number of rotatable bonds is 3. The second-order valence-corrected chi connectivity index (χ2v) is 5.38. The number of allylic oxidation sites excluding steroid dienone is 2. The second-order valence-electron chi connectivity index (χ2n) is 4.82. The number of fused-ring (bicyclic) bond motifs is 1. The van der Waals surface area contributed by atoms with Crippen LogP contribution in [0.1, 0.15) is 25.6 Å². The lowest BCUT2D eigenvalue weighted by Crippen LogP contribution is -2.02. The predicted molar refractivity (Wildman–Crippen MR) is 76.1 cm³/mol. The van der Waals surface area contributed by atoms with Gasteiger partial charge >= 0.3 is 0 Å². The summed E-state index contributed by atoms with van der Waals surface area (Å²) in [5.41, 5.74) is 3.76. The quantitative estimate of drug-likeness (QED) is 0.604. The Labute approximate surface area is 112 Å². The smallest absolute Gasteiger partial charge is 0.113 e. The summed E-state index contributed by atoms with van der Waals surface area (Å²) >= 11 is 6.12. The lowest BCUT2D eigenvalue weighted by atomic mass is 10.1.